The Labute approximate surface area is 135 Å². The van der Waals surface area contributed by atoms with Crippen LogP contribution in [0.15, 0.2) is 23.7 Å². The second kappa shape index (κ2) is 6.59. The summed E-state index contributed by atoms with van der Waals surface area (Å²) >= 11 is 0. The molecule has 1 fully saturated rings. The molecule has 0 aromatic rings. The molecule has 1 aliphatic rings. The van der Waals surface area contributed by atoms with Gasteiger partial charge in [-0.1, -0.05) is 19.1 Å². The number of rotatable bonds is 4. The zero-order chi connectivity index (χ0) is 17.2. The van der Waals surface area contributed by atoms with Gasteiger partial charge in [0.05, 0.1) is 11.2 Å². The minimum absolute atomic E-state index is 0.119. The molecule has 0 atom stereocenters. The van der Waals surface area contributed by atoms with Crippen LogP contribution in [0.5, 0.6) is 0 Å². The number of nitrogens with one attached hydrogen (secondary N) is 1. The van der Waals surface area contributed by atoms with E-state index in [1.807, 2.05) is 61.5 Å². The van der Waals surface area contributed by atoms with E-state index in [1.54, 1.807) is 6.08 Å². The summed E-state index contributed by atoms with van der Waals surface area (Å²) in [6.45, 7) is 16.0. The van der Waals surface area contributed by atoms with Crippen molar-refractivity contribution in [3.05, 3.63) is 23.7 Å². The molecule has 0 aliphatic carbocycles. The number of hydrogen-bond acceptors (Lipinski definition) is 3. The molecule has 0 bridgehead atoms. The quantitative estimate of drug-likeness (QED) is 0.492. The van der Waals surface area contributed by atoms with Gasteiger partial charge in [-0.15, -0.1) is 0 Å². The van der Waals surface area contributed by atoms with Gasteiger partial charge in [0, 0.05) is 11.6 Å². The van der Waals surface area contributed by atoms with Crippen LogP contribution in [-0.2, 0) is 14.1 Å². The van der Waals surface area contributed by atoms with Crippen molar-refractivity contribution in [2.75, 3.05) is 0 Å². The van der Waals surface area contributed by atoms with Crippen LogP contribution in [0.1, 0.15) is 61.8 Å². The Morgan fingerprint density at radius 3 is 2.00 bits per heavy atom. The van der Waals surface area contributed by atoms with Gasteiger partial charge >= 0.3 is 7.12 Å². The third-order valence-electron chi connectivity index (χ3n) is 3.89. The van der Waals surface area contributed by atoms with Crippen molar-refractivity contribution in [3.63, 3.8) is 0 Å². The smallest absolute Gasteiger partial charge is 0.399 e. The zero-order valence-electron chi connectivity index (χ0n) is 15.2. The van der Waals surface area contributed by atoms with E-state index in [9.17, 15) is 4.79 Å². The average Bonchev–Trinajstić information content (AvgIpc) is 2.51. The molecule has 4 nitrogen and oxygen atoms in total. The van der Waals surface area contributed by atoms with Crippen LogP contribution in [0.25, 0.3) is 0 Å². The number of hydrogen-bond donors (Lipinski definition) is 1. The van der Waals surface area contributed by atoms with Crippen molar-refractivity contribution in [1.82, 2.24) is 5.32 Å². The second-order valence-corrected chi connectivity index (χ2v) is 7.77. The molecule has 0 spiro atoms. The first-order valence-electron chi connectivity index (χ1n) is 7.94. The highest BCUT2D eigenvalue weighted by Gasteiger charge is 2.51. The molecule has 0 unspecified atom stereocenters. The van der Waals surface area contributed by atoms with E-state index in [0.29, 0.717) is 0 Å². The van der Waals surface area contributed by atoms with E-state index in [-0.39, 0.29) is 22.6 Å². The van der Waals surface area contributed by atoms with Crippen LogP contribution in [0.3, 0.4) is 0 Å². The average molecular weight is 307 g/mol. The van der Waals surface area contributed by atoms with Gasteiger partial charge in [0.1, 0.15) is 0 Å². The Kier molecular flexibility index (Phi) is 5.69. The molecule has 0 radical (unpaired) electrons. The maximum absolute atomic E-state index is 11.9. The summed E-state index contributed by atoms with van der Waals surface area (Å²) in [5, 5.41) is 2.91. The molecule has 0 aromatic carbocycles. The normalized spacial score (nSPS) is 21.5. The Balaban J connectivity index is 2.85. The van der Waals surface area contributed by atoms with E-state index in [1.165, 1.54) is 6.08 Å². The maximum Gasteiger partial charge on any atom is 0.494 e. The fourth-order valence-electron chi connectivity index (χ4n) is 2.04. The van der Waals surface area contributed by atoms with E-state index in [0.717, 1.165) is 11.9 Å². The Morgan fingerprint density at radius 2 is 1.59 bits per heavy atom. The SMILES string of the molecule is CCC=C(C=CC(=O)NC(C)(C)C)B1OC(C)(C)C(C)(C)O1. The summed E-state index contributed by atoms with van der Waals surface area (Å²) in [5.41, 5.74) is -0.136. The van der Waals surface area contributed by atoms with Crippen LogP contribution in [0.4, 0.5) is 0 Å². The fraction of sp³-hybridized carbons (Fsp3) is 0.706. The van der Waals surface area contributed by atoms with Crippen molar-refractivity contribution >= 4 is 13.0 Å². The summed E-state index contributed by atoms with van der Waals surface area (Å²) in [7, 11) is -0.441. The van der Waals surface area contributed by atoms with Crippen molar-refractivity contribution in [3.8, 4) is 0 Å². The van der Waals surface area contributed by atoms with Gasteiger partial charge in [0.15, 0.2) is 0 Å². The molecule has 0 aromatic heterocycles. The third-order valence-corrected chi connectivity index (χ3v) is 3.89. The minimum atomic E-state index is -0.441. The Bertz CT molecular complexity index is 457. The molecular weight excluding hydrogens is 277 g/mol. The number of carbonyl (C=O) groups excluding carboxylic acids is 1. The molecular formula is C17H30BNO3. The molecule has 0 saturated carbocycles. The Hall–Kier alpha value is -1.07. The predicted molar refractivity (Wildman–Crippen MR) is 91.5 cm³/mol. The van der Waals surface area contributed by atoms with Gasteiger partial charge in [-0.25, -0.2) is 0 Å². The van der Waals surface area contributed by atoms with E-state index >= 15 is 0 Å². The molecule has 5 heteroatoms. The lowest BCUT2D eigenvalue weighted by Crippen LogP contribution is -2.41. The van der Waals surface area contributed by atoms with Crippen molar-refractivity contribution in [2.24, 2.45) is 0 Å². The second-order valence-electron chi connectivity index (χ2n) is 7.77. The van der Waals surface area contributed by atoms with Gasteiger partial charge in [0.25, 0.3) is 0 Å². The summed E-state index contributed by atoms with van der Waals surface area (Å²) in [4.78, 5) is 11.9. The summed E-state index contributed by atoms with van der Waals surface area (Å²) in [6, 6.07) is 0. The van der Waals surface area contributed by atoms with Gasteiger partial charge in [-0.2, -0.15) is 0 Å². The molecule has 1 heterocycles. The topological polar surface area (TPSA) is 47.6 Å². The van der Waals surface area contributed by atoms with Crippen molar-refractivity contribution in [1.29, 1.82) is 0 Å². The zero-order valence-corrected chi connectivity index (χ0v) is 15.2. The largest absolute Gasteiger partial charge is 0.494 e. The first-order chi connectivity index (χ1) is 9.88. The monoisotopic (exact) mass is 307 g/mol. The van der Waals surface area contributed by atoms with Crippen LogP contribution in [-0.4, -0.2) is 29.8 Å². The van der Waals surface area contributed by atoms with Gasteiger partial charge < -0.3 is 14.6 Å². The van der Waals surface area contributed by atoms with Crippen molar-refractivity contribution < 1.29 is 14.1 Å². The summed E-state index contributed by atoms with van der Waals surface area (Å²) < 4.78 is 12.1. The lowest BCUT2D eigenvalue weighted by Gasteiger charge is -2.32. The van der Waals surface area contributed by atoms with E-state index in [4.69, 9.17) is 9.31 Å². The molecule has 1 rings (SSSR count). The fourth-order valence-corrected chi connectivity index (χ4v) is 2.04. The molecule has 124 valence electrons. The van der Waals surface area contributed by atoms with Gasteiger partial charge in [-0.05, 0) is 60.4 Å². The molecule has 1 saturated heterocycles. The lowest BCUT2D eigenvalue weighted by molar-refractivity contribution is -0.117. The van der Waals surface area contributed by atoms with E-state index in [2.05, 4.69) is 5.32 Å². The first-order valence-corrected chi connectivity index (χ1v) is 7.94. The van der Waals surface area contributed by atoms with Crippen molar-refractivity contribution in [2.45, 2.75) is 78.6 Å². The third kappa shape index (κ3) is 4.99. The van der Waals surface area contributed by atoms with Crippen LogP contribution < -0.4 is 5.32 Å². The highest BCUT2D eigenvalue weighted by atomic mass is 16.7. The minimum Gasteiger partial charge on any atom is -0.399 e. The predicted octanol–water partition coefficient (Wildman–Crippen LogP) is 3.43. The first kappa shape index (κ1) is 19.0. The van der Waals surface area contributed by atoms with Crippen LogP contribution >= 0.6 is 0 Å². The molecule has 1 aliphatic heterocycles. The number of carbonyl (C=O) groups is 1. The summed E-state index contributed by atoms with van der Waals surface area (Å²) in [5.74, 6) is -0.119. The maximum atomic E-state index is 11.9. The summed E-state index contributed by atoms with van der Waals surface area (Å²) in [6.07, 6.45) is 6.21. The highest BCUT2D eigenvalue weighted by Crippen LogP contribution is 2.38. The van der Waals surface area contributed by atoms with Crippen LogP contribution in [0, 0.1) is 0 Å². The molecule has 1 amide bonds. The van der Waals surface area contributed by atoms with Crippen LogP contribution in [0.2, 0.25) is 0 Å². The van der Waals surface area contributed by atoms with E-state index < -0.39 is 7.12 Å². The Morgan fingerprint density at radius 1 is 1.09 bits per heavy atom. The lowest BCUT2D eigenvalue weighted by atomic mass is 9.77. The van der Waals surface area contributed by atoms with Gasteiger partial charge in [0.2, 0.25) is 5.91 Å². The highest BCUT2D eigenvalue weighted by molar-refractivity contribution is 6.55. The standard InChI is InChI=1S/C17H30BNO3/c1-9-10-13(11-12-14(20)19-15(2,3)4)18-21-16(5,6)17(7,8)22-18/h10-12H,9H2,1-8H3,(H,19,20). The number of allylic oxidation sites excluding steroid dienone is 3. The molecule has 22 heavy (non-hydrogen) atoms. The van der Waals surface area contributed by atoms with Gasteiger partial charge in [-0.3, -0.25) is 4.79 Å². The number of amides is 1. The molecule has 1 N–H and O–H groups in total.